The van der Waals surface area contributed by atoms with Crippen molar-refractivity contribution in [2.75, 3.05) is 6.54 Å². The van der Waals surface area contributed by atoms with Crippen LogP contribution in [0.3, 0.4) is 0 Å². The average molecular weight is 296 g/mol. The number of rotatable bonds is 5. The molecule has 2 amide bonds. The zero-order valence-electron chi connectivity index (χ0n) is 13.6. The van der Waals surface area contributed by atoms with E-state index in [1.807, 2.05) is 13.8 Å². The van der Waals surface area contributed by atoms with Gasteiger partial charge in [0.15, 0.2) is 0 Å². The molecule has 2 saturated heterocycles. The number of nitrogens with one attached hydrogen (secondary N) is 1. The van der Waals surface area contributed by atoms with Gasteiger partial charge in [-0.05, 0) is 39.5 Å². The minimum absolute atomic E-state index is 0.0134. The molecule has 0 aliphatic carbocycles. The van der Waals surface area contributed by atoms with Crippen molar-refractivity contribution in [2.24, 2.45) is 0 Å². The third-order valence-corrected chi connectivity index (χ3v) is 4.50. The minimum Gasteiger partial charge on any atom is -0.371 e. The molecule has 0 radical (unpaired) electrons. The van der Waals surface area contributed by atoms with Crippen LogP contribution in [0.5, 0.6) is 0 Å². The Hall–Kier alpha value is -1.10. The molecule has 2 heterocycles. The summed E-state index contributed by atoms with van der Waals surface area (Å²) >= 11 is 0. The van der Waals surface area contributed by atoms with Gasteiger partial charge in [0, 0.05) is 6.54 Å². The molecule has 2 fully saturated rings. The summed E-state index contributed by atoms with van der Waals surface area (Å²) in [5.41, 5.74) is -0.115. The lowest BCUT2D eigenvalue weighted by molar-refractivity contribution is -0.152. The van der Waals surface area contributed by atoms with Crippen LogP contribution in [0.2, 0.25) is 0 Å². The topological polar surface area (TPSA) is 58.6 Å². The summed E-state index contributed by atoms with van der Waals surface area (Å²) in [5.74, 6) is 0.0319. The molecule has 21 heavy (non-hydrogen) atoms. The number of piperazine rings is 1. The third-order valence-electron chi connectivity index (χ3n) is 4.50. The molecular weight excluding hydrogens is 268 g/mol. The second kappa shape index (κ2) is 6.34. The van der Waals surface area contributed by atoms with Gasteiger partial charge < -0.3 is 15.0 Å². The van der Waals surface area contributed by atoms with Crippen molar-refractivity contribution in [3.8, 4) is 0 Å². The summed E-state index contributed by atoms with van der Waals surface area (Å²) in [6.07, 6.45) is 4.23. The van der Waals surface area contributed by atoms with Crippen molar-refractivity contribution in [1.82, 2.24) is 10.2 Å². The van der Waals surface area contributed by atoms with Crippen LogP contribution in [0.15, 0.2) is 0 Å². The summed E-state index contributed by atoms with van der Waals surface area (Å²) < 4.78 is 6.00. The molecule has 3 unspecified atom stereocenters. The molecule has 2 aliphatic rings. The van der Waals surface area contributed by atoms with E-state index in [1.165, 1.54) is 0 Å². The highest BCUT2D eigenvalue weighted by molar-refractivity contribution is 5.96. The van der Waals surface area contributed by atoms with E-state index >= 15 is 0 Å². The Kier molecular flexibility index (Phi) is 4.91. The standard InChI is InChI=1S/C16H28N2O3/c1-5-7-13-14(19)17-12(6-2)15(20)18(13)10-11-8-9-16(3,4)21-11/h11-13H,5-10H2,1-4H3,(H,17,19). The summed E-state index contributed by atoms with van der Waals surface area (Å²) in [4.78, 5) is 26.6. The highest BCUT2D eigenvalue weighted by Crippen LogP contribution is 2.31. The smallest absolute Gasteiger partial charge is 0.245 e. The number of nitrogens with zero attached hydrogens (tertiary/aromatic N) is 1. The first-order valence-corrected chi connectivity index (χ1v) is 8.16. The van der Waals surface area contributed by atoms with Crippen LogP contribution < -0.4 is 5.32 Å². The fourth-order valence-corrected chi connectivity index (χ4v) is 3.30. The fraction of sp³-hybridized carbons (Fsp3) is 0.875. The summed E-state index contributed by atoms with van der Waals surface area (Å²) in [6, 6.07) is -0.711. The van der Waals surface area contributed by atoms with E-state index in [1.54, 1.807) is 4.90 Å². The summed E-state index contributed by atoms with van der Waals surface area (Å²) in [6.45, 7) is 8.66. The van der Waals surface area contributed by atoms with Crippen molar-refractivity contribution in [3.63, 3.8) is 0 Å². The normalized spacial score (nSPS) is 32.4. The van der Waals surface area contributed by atoms with E-state index in [9.17, 15) is 9.59 Å². The number of carbonyl (C=O) groups is 2. The monoisotopic (exact) mass is 296 g/mol. The number of amides is 2. The highest BCUT2D eigenvalue weighted by atomic mass is 16.5. The van der Waals surface area contributed by atoms with Crippen molar-refractivity contribution in [3.05, 3.63) is 0 Å². The lowest BCUT2D eigenvalue weighted by Crippen LogP contribution is -2.64. The Balaban J connectivity index is 2.10. The molecule has 0 bridgehead atoms. The maximum Gasteiger partial charge on any atom is 0.245 e. The lowest BCUT2D eigenvalue weighted by Gasteiger charge is -2.40. The summed E-state index contributed by atoms with van der Waals surface area (Å²) in [5, 5.41) is 2.85. The molecular formula is C16H28N2O3. The molecule has 0 aromatic heterocycles. The predicted octanol–water partition coefficient (Wildman–Crippen LogP) is 1.85. The van der Waals surface area contributed by atoms with Crippen molar-refractivity contribution in [2.45, 2.75) is 83.6 Å². The van der Waals surface area contributed by atoms with Crippen LogP contribution >= 0.6 is 0 Å². The molecule has 2 aliphatic heterocycles. The molecule has 0 aromatic rings. The molecule has 0 aromatic carbocycles. The maximum atomic E-state index is 12.6. The maximum absolute atomic E-state index is 12.6. The second-order valence-electron chi connectivity index (χ2n) is 6.80. The van der Waals surface area contributed by atoms with Gasteiger partial charge in [0.1, 0.15) is 12.1 Å². The van der Waals surface area contributed by atoms with Crippen molar-refractivity contribution >= 4 is 11.8 Å². The molecule has 5 nitrogen and oxygen atoms in total. The van der Waals surface area contributed by atoms with Crippen LogP contribution in [-0.2, 0) is 14.3 Å². The van der Waals surface area contributed by atoms with Crippen LogP contribution in [0.1, 0.15) is 59.8 Å². The van der Waals surface area contributed by atoms with Gasteiger partial charge in [-0.2, -0.15) is 0 Å². The molecule has 3 atom stereocenters. The predicted molar refractivity (Wildman–Crippen MR) is 80.8 cm³/mol. The Morgan fingerprint density at radius 2 is 2.05 bits per heavy atom. The number of hydrogen-bond acceptors (Lipinski definition) is 3. The molecule has 1 N–H and O–H groups in total. The fourth-order valence-electron chi connectivity index (χ4n) is 3.30. The second-order valence-corrected chi connectivity index (χ2v) is 6.80. The van der Waals surface area contributed by atoms with Gasteiger partial charge in [-0.25, -0.2) is 0 Å². The van der Waals surface area contributed by atoms with E-state index in [2.05, 4.69) is 19.2 Å². The van der Waals surface area contributed by atoms with Gasteiger partial charge >= 0.3 is 0 Å². The van der Waals surface area contributed by atoms with E-state index in [0.717, 1.165) is 19.3 Å². The Labute approximate surface area is 127 Å². The van der Waals surface area contributed by atoms with Crippen LogP contribution in [0.25, 0.3) is 0 Å². The number of carbonyl (C=O) groups excluding carboxylic acids is 2. The zero-order valence-corrected chi connectivity index (χ0v) is 13.6. The molecule has 5 heteroatoms. The van der Waals surface area contributed by atoms with Crippen LogP contribution in [0, 0.1) is 0 Å². The SMILES string of the molecule is CCCC1C(=O)NC(CC)C(=O)N1CC1CCC(C)(C)O1. The molecule has 120 valence electrons. The Morgan fingerprint density at radius 3 is 2.57 bits per heavy atom. The zero-order chi connectivity index (χ0) is 15.6. The van der Waals surface area contributed by atoms with Gasteiger partial charge in [-0.3, -0.25) is 9.59 Å². The van der Waals surface area contributed by atoms with E-state index in [4.69, 9.17) is 4.74 Å². The lowest BCUT2D eigenvalue weighted by atomic mass is 10.0. The van der Waals surface area contributed by atoms with Gasteiger partial charge in [0.2, 0.25) is 11.8 Å². The van der Waals surface area contributed by atoms with Crippen LogP contribution in [-0.4, -0.2) is 47.0 Å². The van der Waals surface area contributed by atoms with Crippen LogP contribution in [0.4, 0.5) is 0 Å². The van der Waals surface area contributed by atoms with E-state index in [-0.39, 0.29) is 35.6 Å². The highest BCUT2D eigenvalue weighted by Gasteiger charge is 2.42. The van der Waals surface area contributed by atoms with Gasteiger partial charge in [-0.1, -0.05) is 20.3 Å². The first kappa shape index (κ1) is 16.3. The Bertz CT molecular complexity index is 408. The van der Waals surface area contributed by atoms with Crippen molar-refractivity contribution in [1.29, 1.82) is 0 Å². The van der Waals surface area contributed by atoms with Crippen molar-refractivity contribution < 1.29 is 14.3 Å². The number of ether oxygens (including phenoxy) is 1. The van der Waals surface area contributed by atoms with Gasteiger partial charge in [0.25, 0.3) is 0 Å². The quantitative estimate of drug-likeness (QED) is 0.842. The van der Waals surface area contributed by atoms with Gasteiger partial charge in [0.05, 0.1) is 11.7 Å². The van der Waals surface area contributed by atoms with E-state index < -0.39 is 0 Å². The minimum atomic E-state index is -0.375. The first-order valence-electron chi connectivity index (χ1n) is 8.16. The largest absolute Gasteiger partial charge is 0.371 e. The molecule has 0 saturated carbocycles. The number of hydrogen-bond donors (Lipinski definition) is 1. The Morgan fingerprint density at radius 1 is 1.33 bits per heavy atom. The van der Waals surface area contributed by atoms with E-state index in [0.29, 0.717) is 19.4 Å². The average Bonchev–Trinajstić information content (AvgIpc) is 2.77. The third kappa shape index (κ3) is 3.57. The first-order chi connectivity index (χ1) is 9.88. The summed E-state index contributed by atoms with van der Waals surface area (Å²) in [7, 11) is 0. The molecule has 0 spiro atoms. The molecule has 2 rings (SSSR count). The van der Waals surface area contributed by atoms with Gasteiger partial charge in [-0.15, -0.1) is 0 Å².